The number of nitrogens with one attached hydrogen (secondary N) is 1. The van der Waals surface area contributed by atoms with Gasteiger partial charge in [0, 0.05) is 11.3 Å². The van der Waals surface area contributed by atoms with Gasteiger partial charge in [0.2, 0.25) is 5.91 Å². The smallest absolute Gasteiger partial charge is 0.237 e. The molecule has 1 aromatic heterocycles. The van der Waals surface area contributed by atoms with E-state index in [-0.39, 0.29) is 5.91 Å². The van der Waals surface area contributed by atoms with Crippen molar-refractivity contribution in [3.05, 3.63) is 77.4 Å². The molecule has 0 aliphatic rings. The summed E-state index contributed by atoms with van der Waals surface area (Å²) in [6.45, 7) is 5.87. The molecular formula is C23H21N3OS. The quantitative estimate of drug-likeness (QED) is 0.599. The number of hydrogen-bond donors (Lipinski definition) is 1. The highest BCUT2D eigenvalue weighted by Crippen LogP contribution is 2.29. The van der Waals surface area contributed by atoms with Gasteiger partial charge < -0.3 is 5.32 Å². The average molecular weight is 388 g/mol. The molecule has 0 aliphatic carbocycles. The van der Waals surface area contributed by atoms with Crippen LogP contribution in [0, 0.1) is 25.2 Å². The predicted octanol–water partition coefficient (Wildman–Crippen LogP) is 5.36. The molecule has 28 heavy (non-hydrogen) atoms. The van der Waals surface area contributed by atoms with Crippen LogP contribution in [0.25, 0.3) is 11.3 Å². The highest BCUT2D eigenvalue weighted by Gasteiger charge is 2.18. The number of carbonyl (C=O) groups is 1. The molecule has 1 amide bonds. The van der Waals surface area contributed by atoms with Crippen LogP contribution in [0.5, 0.6) is 0 Å². The van der Waals surface area contributed by atoms with E-state index in [1.807, 2.05) is 75.4 Å². The van der Waals surface area contributed by atoms with Crippen molar-refractivity contribution in [1.29, 1.82) is 5.26 Å². The standard InChI is InChI=1S/C23H21N3OS/c1-15-9-11-20(13-16(15)2)25-22(27)17(3)28-23-19(14-24)10-12-21(26-23)18-7-5-4-6-8-18/h4-13,17H,1-3H3,(H,25,27). The number of nitrogens with zero attached hydrogens (tertiary/aromatic N) is 2. The van der Waals surface area contributed by atoms with Gasteiger partial charge in [0.25, 0.3) is 0 Å². The van der Waals surface area contributed by atoms with Gasteiger partial charge in [-0.3, -0.25) is 4.79 Å². The van der Waals surface area contributed by atoms with Gasteiger partial charge >= 0.3 is 0 Å². The zero-order chi connectivity index (χ0) is 20.1. The molecule has 1 atom stereocenters. The summed E-state index contributed by atoms with van der Waals surface area (Å²) >= 11 is 1.29. The third-order valence-electron chi connectivity index (χ3n) is 4.48. The zero-order valence-electron chi connectivity index (χ0n) is 16.1. The van der Waals surface area contributed by atoms with Gasteiger partial charge in [0.05, 0.1) is 16.5 Å². The Morgan fingerprint density at radius 2 is 1.82 bits per heavy atom. The number of thioether (sulfide) groups is 1. The first-order valence-corrected chi connectivity index (χ1v) is 9.87. The van der Waals surface area contributed by atoms with Crippen molar-refractivity contribution in [1.82, 2.24) is 4.98 Å². The summed E-state index contributed by atoms with van der Waals surface area (Å²) in [6, 6.07) is 21.4. The molecular weight excluding hydrogens is 366 g/mol. The van der Waals surface area contributed by atoms with Crippen molar-refractivity contribution >= 4 is 23.4 Å². The fraction of sp³-hybridized carbons (Fsp3) is 0.174. The van der Waals surface area contributed by atoms with E-state index in [1.165, 1.54) is 17.3 Å². The topological polar surface area (TPSA) is 65.8 Å². The number of pyridine rings is 1. The van der Waals surface area contributed by atoms with E-state index in [9.17, 15) is 10.1 Å². The number of hydrogen-bond acceptors (Lipinski definition) is 4. The maximum Gasteiger partial charge on any atom is 0.237 e. The van der Waals surface area contributed by atoms with Gasteiger partial charge in [0.1, 0.15) is 11.1 Å². The Balaban J connectivity index is 1.78. The van der Waals surface area contributed by atoms with Crippen molar-refractivity contribution in [2.45, 2.75) is 31.0 Å². The molecule has 1 unspecified atom stereocenters. The van der Waals surface area contributed by atoms with E-state index in [0.717, 1.165) is 22.5 Å². The summed E-state index contributed by atoms with van der Waals surface area (Å²) in [7, 11) is 0. The Labute approximate surface area is 169 Å². The van der Waals surface area contributed by atoms with Crippen molar-refractivity contribution < 1.29 is 4.79 Å². The Bertz CT molecular complexity index is 1040. The Kier molecular flexibility index (Phi) is 6.13. The number of anilines is 1. The van der Waals surface area contributed by atoms with Crippen LogP contribution < -0.4 is 5.32 Å². The maximum atomic E-state index is 12.6. The Morgan fingerprint density at radius 3 is 2.50 bits per heavy atom. The van der Waals surface area contributed by atoms with E-state index in [1.54, 1.807) is 6.07 Å². The van der Waals surface area contributed by atoms with Gasteiger partial charge in [0.15, 0.2) is 0 Å². The average Bonchev–Trinajstić information content (AvgIpc) is 2.71. The van der Waals surface area contributed by atoms with Crippen molar-refractivity contribution in [2.75, 3.05) is 5.32 Å². The fourth-order valence-electron chi connectivity index (χ4n) is 2.67. The van der Waals surface area contributed by atoms with Crippen LogP contribution in [0.1, 0.15) is 23.6 Å². The van der Waals surface area contributed by atoms with Crippen LogP contribution in [0.4, 0.5) is 5.69 Å². The van der Waals surface area contributed by atoms with Crippen molar-refractivity contribution in [2.24, 2.45) is 0 Å². The predicted molar refractivity (Wildman–Crippen MR) is 114 cm³/mol. The lowest BCUT2D eigenvalue weighted by molar-refractivity contribution is -0.115. The third kappa shape index (κ3) is 4.59. The lowest BCUT2D eigenvalue weighted by Gasteiger charge is -2.14. The van der Waals surface area contributed by atoms with Gasteiger partial charge in [-0.05, 0) is 56.2 Å². The molecule has 5 heteroatoms. The molecule has 0 spiro atoms. The second-order valence-corrected chi connectivity index (χ2v) is 7.90. The van der Waals surface area contributed by atoms with E-state index < -0.39 is 5.25 Å². The van der Waals surface area contributed by atoms with Gasteiger partial charge in [-0.1, -0.05) is 48.2 Å². The second kappa shape index (κ2) is 8.73. The summed E-state index contributed by atoms with van der Waals surface area (Å²) in [6.07, 6.45) is 0. The number of nitriles is 1. The van der Waals surface area contributed by atoms with Gasteiger partial charge in [-0.2, -0.15) is 5.26 Å². The van der Waals surface area contributed by atoms with Crippen LogP contribution in [-0.4, -0.2) is 16.1 Å². The lowest BCUT2D eigenvalue weighted by Crippen LogP contribution is -2.22. The maximum absolute atomic E-state index is 12.6. The Morgan fingerprint density at radius 1 is 1.07 bits per heavy atom. The molecule has 2 aromatic carbocycles. The van der Waals surface area contributed by atoms with Crippen molar-refractivity contribution in [3.8, 4) is 17.3 Å². The lowest BCUT2D eigenvalue weighted by atomic mass is 10.1. The fourth-order valence-corrected chi connectivity index (χ4v) is 3.56. The Hall–Kier alpha value is -3.10. The number of rotatable bonds is 5. The van der Waals surface area contributed by atoms with E-state index in [2.05, 4.69) is 16.4 Å². The minimum atomic E-state index is -0.396. The minimum absolute atomic E-state index is 0.121. The summed E-state index contributed by atoms with van der Waals surface area (Å²) in [5.74, 6) is -0.121. The molecule has 0 radical (unpaired) electrons. The first kappa shape index (κ1) is 19.7. The summed E-state index contributed by atoms with van der Waals surface area (Å²) in [5, 5.41) is 12.5. The monoisotopic (exact) mass is 387 g/mol. The number of aromatic nitrogens is 1. The highest BCUT2D eigenvalue weighted by atomic mass is 32.2. The largest absolute Gasteiger partial charge is 0.325 e. The zero-order valence-corrected chi connectivity index (χ0v) is 16.9. The SMILES string of the molecule is Cc1ccc(NC(=O)C(C)Sc2nc(-c3ccccc3)ccc2C#N)cc1C. The van der Waals surface area contributed by atoms with Crippen LogP contribution in [-0.2, 0) is 4.79 Å². The number of benzene rings is 2. The molecule has 4 nitrogen and oxygen atoms in total. The molecule has 0 saturated carbocycles. The molecule has 3 rings (SSSR count). The number of amides is 1. The van der Waals surface area contributed by atoms with E-state index >= 15 is 0 Å². The minimum Gasteiger partial charge on any atom is -0.325 e. The summed E-state index contributed by atoms with van der Waals surface area (Å²) in [4.78, 5) is 17.3. The number of carbonyl (C=O) groups excluding carboxylic acids is 1. The van der Waals surface area contributed by atoms with Crippen LogP contribution >= 0.6 is 11.8 Å². The summed E-state index contributed by atoms with van der Waals surface area (Å²) in [5.41, 5.74) is 5.30. The van der Waals surface area contributed by atoms with Gasteiger partial charge in [-0.25, -0.2) is 4.98 Å². The van der Waals surface area contributed by atoms with Gasteiger partial charge in [-0.15, -0.1) is 0 Å². The number of aryl methyl sites for hydroxylation is 2. The highest BCUT2D eigenvalue weighted by molar-refractivity contribution is 8.00. The van der Waals surface area contributed by atoms with Crippen molar-refractivity contribution in [3.63, 3.8) is 0 Å². The first-order valence-electron chi connectivity index (χ1n) is 8.99. The van der Waals surface area contributed by atoms with E-state index in [0.29, 0.717) is 10.6 Å². The molecule has 0 bridgehead atoms. The molecule has 140 valence electrons. The molecule has 1 N–H and O–H groups in total. The van der Waals surface area contributed by atoms with Crippen LogP contribution in [0.2, 0.25) is 0 Å². The molecule has 1 heterocycles. The van der Waals surface area contributed by atoms with Crippen LogP contribution in [0.15, 0.2) is 65.7 Å². The third-order valence-corrected chi connectivity index (χ3v) is 5.58. The summed E-state index contributed by atoms with van der Waals surface area (Å²) < 4.78 is 0. The molecule has 0 saturated heterocycles. The normalized spacial score (nSPS) is 11.5. The molecule has 0 aliphatic heterocycles. The van der Waals surface area contributed by atoms with E-state index in [4.69, 9.17) is 0 Å². The van der Waals surface area contributed by atoms with Crippen LogP contribution in [0.3, 0.4) is 0 Å². The molecule has 0 fully saturated rings. The first-order chi connectivity index (χ1) is 13.5. The molecule has 3 aromatic rings. The second-order valence-electron chi connectivity index (χ2n) is 6.58.